The number of carbonyl (C=O) groups is 1. The molecule has 0 bridgehead atoms. The number of hydrogen-bond donors (Lipinski definition) is 1. The predicted octanol–water partition coefficient (Wildman–Crippen LogP) is 5.34. The van der Waals surface area contributed by atoms with Crippen molar-refractivity contribution in [1.29, 1.82) is 0 Å². The van der Waals surface area contributed by atoms with Gasteiger partial charge in [-0.3, -0.25) is 9.10 Å². The predicted molar refractivity (Wildman–Crippen MR) is 140 cm³/mol. The molecule has 0 aliphatic carbocycles. The second-order valence-corrected chi connectivity index (χ2v) is 9.90. The third-order valence-corrected chi connectivity index (χ3v) is 6.49. The monoisotopic (exact) mass is 486 g/mol. The van der Waals surface area contributed by atoms with Crippen LogP contribution in [0.4, 0.5) is 11.4 Å². The Hall–Kier alpha value is -4.10. The van der Waals surface area contributed by atoms with Crippen molar-refractivity contribution in [3.63, 3.8) is 0 Å². The molecule has 4 aromatic carbocycles. The molecule has 0 unspecified atom stereocenters. The van der Waals surface area contributed by atoms with Gasteiger partial charge in [-0.15, -0.1) is 0 Å². The van der Waals surface area contributed by atoms with E-state index in [0.717, 1.165) is 27.3 Å². The summed E-state index contributed by atoms with van der Waals surface area (Å²) in [6.07, 6.45) is 1.08. The smallest absolute Gasteiger partial charge is 0.245 e. The lowest BCUT2D eigenvalue weighted by molar-refractivity contribution is -0.114. The molecular weight excluding hydrogens is 460 g/mol. The molecule has 0 aliphatic heterocycles. The number of nitrogens with zero attached hydrogens (tertiary/aromatic N) is 1. The van der Waals surface area contributed by atoms with Gasteiger partial charge in [0.2, 0.25) is 15.9 Å². The molecule has 7 heteroatoms. The van der Waals surface area contributed by atoms with E-state index in [9.17, 15) is 13.2 Å². The summed E-state index contributed by atoms with van der Waals surface area (Å²) in [4.78, 5) is 12.9. The van der Waals surface area contributed by atoms with Crippen LogP contribution < -0.4 is 14.4 Å². The minimum absolute atomic E-state index is 0.355. The number of para-hydroxylation sites is 1. The van der Waals surface area contributed by atoms with Crippen molar-refractivity contribution < 1.29 is 17.9 Å². The van der Waals surface area contributed by atoms with Crippen molar-refractivity contribution in [2.24, 2.45) is 0 Å². The first kappa shape index (κ1) is 24.0. The zero-order chi connectivity index (χ0) is 24.7. The molecule has 0 saturated carbocycles. The minimum atomic E-state index is -3.70. The maximum Gasteiger partial charge on any atom is 0.245 e. The largest absolute Gasteiger partial charge is 0.489 e. The summed E-state index contributed by atoms with van der Waals surface area (Å²) in [5.74, 6) is 0.163. The van der Waals surface area contributed by atoms with Gasteiger partial charge in [0.1, 0.15) is 18.9 Å². The molecule has 1 amide bonds. The third-order valence-electron chi connectivity index (χ3n) is 5.35. The number of rotatable bonds is 9. The molecule has 0 heterocycles. The van der Waals surface area contributed by atoms with Crippen LogP contribution in [0.5, 0.6) is 5.75 Å². The van der Waals surface area contributed by atoms with Crippen molar-refractivity contribution in [2.45, 2.75) is 6.61 Å². The maximum atomic E-state index is 12.9. The van der Waals surface area contributed by atoms with Crippen LogP contribution in [0.2, 0.25) is 0 Å². The molecule has 4 aromatic rings. The Morgan fingerprint density at radius 2 is 1.40 bits per heavy atom. The highest BCUT2D eigenvalue weighted by Gasteiger charge is 2.21. The van der Waals surface area contributed by atoms with Gasteiger partial charge in [0, 0.05) is 11.3 Å². The molecule has 0 aliphatic rings. The quantitative estimate of drug-likeness (QED) is 0.347. The van der Waals surface area contributed by atoms with E-state index in [1.54, 1.807) is 30.3 Å². The lowest BCUT2D eigenvalue weighted by Gasteiger charge is -2.22. The number of carbonyl (C=O) groups excluding carboxylic acids is 1. The van der Waals surface area contributed by atoms with Crippen molar-refractivity contribution in [3.8, 4) is 16.9 Å². The highest BCUT2D eigenvalue weighted by molar-refractivity contribution is 7.92. The summed E-state index contributed by atoms with van der Waals surface area (Å²) in [5.41, 5.74) is 3.83. The first-order chi connectivity index (χ1) is 16.9. The zero-order valence-corrected chi connectivity index (χ0v) is 20.1. The highest BCUT2D eigenvalue weighted by atomic mass is 32.2. The number of ether oxygens (including phenoxy) is 1. The topological polar surface area (TPSA) is 75.7 Å². The molecule has 0 radical (unpaired) electrons. The average molecular weight is 487 g/mol. The average Bonchev–Trinajstić information content (AvgIpc) is 2.87. The van der Waals surface area contributed by atoms with Crippen LogP contribution in [0.15, 0.2) is 109 Å². The number of benzene rings is 4. The minimum Gasteiger partial charge on any atom is -0.489 e. The highest BCUT2D eigenvalue weighted by Crippen LogP contribution is 2.28. The van der Waals surface area contributed by atoms with Crippen molar-refractivity contribution in [3.05, 3.63) is 115 Å². The summed E-state index contributed by atoms with van der Waals surface area (Å²) in [5, 5.41) is 2.86. The van der Waals surface area contributed by atoms with Gasteiger partial charge in [-0.1, -0.05) is 78.9 Å². The van der Waals surface area contributed by atoms with E-state index in [-0.39, 0.29) is 6.54 Å². The first-order valence-corrected chi connectivity index (χ1v) is 12.9. The van der Waals surface area contributed by atoms with E-state index >= 15 is 0 Å². The van der Waals surface area contributed by atoms with E-state index in [1.807, 2.05) is 78.9 Å². The molecule has 178 valence electrons. The van der Waals surface area contributed by atoms with E-state index in [0.29, 0.717) is 23.7 Å². The number of nitrogens with one attached hydrogen (secondary N) is 1. The molecule has 4 rings (SSSR count). The number of amides is 1. The van der Waals surface area contributed by atoms with Crippen LogP contribution in [0.25, 0.3) is 11.1 Å². The second kappa shape index (κ2) is 10.9. The fourth-order valence-electron chi connectivity index (χ4n) is 3.63. The Kier molecular flexibility index (Phi) is 7.48. The van der Waals surface area contributed by atoms with Gasteiger partial charge in [-0.2, -0.15) is 0 Å². The molecule has 35 heavy (non-hydrogen) atoms. The van der Waals surface area contributed by atoms with Gasteiger partial charge in [0.15, 0.2) is 0 Å². The number of anilines is 2. The third kappa shape index (κ3) is 6.49. The SMILES string of the molecule is CS(=O)(=O)N(CC(=O)Nc1ccccc1-c1ccccc1)c1ccc(OCc2ccccc2)cc1. The lowest BCUT2D eigenvalue weighted by Crippen LogP contribution is -2.37. The lowest BCUT2D eigenvalue weighted by atomic mass is 10.0. The molecule has 1 N–H and O–H groups in total. The van der Waals surface area contributed by atoms with Crippen LogP contribution in [0.1, 0.15) is 5.56 Å². The molecule has 6 nitrogen and oxygen atoms in total. The van der Waals surface area contributed by atoms with E-state index in [2.05, 4.69) is 5.32 Å². The van der Waals surface area contributed by atoms with Crippen LogP contribution in [0, 0.1) is 0 Å². The molecule has 0 spiro atoms. The van der Waals surface area contributed by atoms with Gasteiger partial charge in [-0.05, 0) is 41.5 Å². The number of hydrogen-bond acceptors (Lipinski definition) is 4. The van der Waals surface area contributed by atoms with Gasteiger partial charge in [0.05, 0.1) is 11.9 Å². The first-order valence-electron chi connectivity index (χ1n) is 11.1. The van der Waals surface area contributed by atoms with Crippen molar-refractivity contribution >= 4 is 27.3 Å². The molecular formula is C28H26N2O4S. The summed E-state index contributed by atoms with van der Waals surface area (Å²) in [6, 6.07) is 33.5. The van der Waals surface area contributed by atoms with Gasteiger partial charge >= 0.3 is 0 Å². The standard InChI is InChI=1S/C28H26N2O4S/c1-35(32,33)30(24-16-18-25(19-17-24)34-21-22-10-4-2-5-11-22)20-28(31)29-27-15-9-8-14-26(27)23-12-6-3-7-13-23/h2-19H,20-21H2,1H3,(H,29,31). The summed E-state index contributed by atoms with van der Waals surface area (Å²) < 4.78 is 31.9. The normalized spacial score (nSPS) is 11.0. The zero-order valence-electron chi connectivity index (χ0n) is 19.3. The summed E-state index contributed by atoms with van der Waals surface area (Å²) in [7, 11) is -3.70. The van der Waals surface area contributed by atoms with Crippen LogP contribution in [-0.2, 0) is 21.4 Å². The van der Waals surface area contributed by atoms with Crippen molar-refractivity contribution in [2.75, 3.05) is 22.4 Å². The Labute approximate surface area is 205 Å². The molecule has 0 saturated heterocycles. The van der Waals surface area contributed by atoms with E-state index in [1.165, 1.54) is 0 Å². The molecule has 0 aromatic heterocycles. The fraction of sp³-hybridized carbons (Fsp3) is 0.107. The maximum absolute atomic E-state index is 12.9. The molecule has 0 atom stereocenters. The fourth-order valence-corrected chi connectivity index (χ4v) is 4.49. The van der Waals surface area contributed by atoms with Gasteiger partial charge < -0.3 is 10.1 Å². The van der Waals surface area contributed by atoms with E-state index in [4.69, 9.17) is 4.74 Å². The van der Waals surface area contributed by atoms with Crippen molar-refractivity contribution in [1.82, 2.24) is 0 Å². The Morgan fingerprint density at radius 1 is 0.800 bits per heavy atom. The van der Waals surface area contributed by atoms with E-state index < -0.39 is 15.9 Å². The number of sulfonamides is 1. The summed E-state index contributed by atoms with van der Waals surface area (Å²) in [6.45, 7) is 0.0470. The Bertz CT molecular complexity index is 1370. The second-order valence-electron chi connectivity index (χ2n) is 8.00. The van der Waals surface area contributed by atoms with Gasteiger partial charge in [-0.25, -0.2) is 8.42 Å². The van der Waals surface area contributed by atoms with Crippen LogP contribution in [-0.4, -0.2) is 27.1 Å². The summed E-state index contributed by atoms with van der Waals surface area (Å²) >= 11 is 0. The van der Waals surface area contributed by atoms with Crippen LogP contribution >= 0.6 is 0 Å². The molecule has 0 fully saturated rings. The van der Waals surface area contributed by atoms with Gasteiger partial charge in [0.25, 0.3) is 0 Å². The van der Waals surface area contributed by atoms with Crippen LogP contribution in [0.3, 0.4) is 0 Å². The Balaban J connectivity index is 1.47. The Morgan fingerprint density at radius 3 is 2.06 bits per heavy atom.